The average Bonchev–Trinajstić information content (AvgIpc) is 2.57. The Morgan fingerprint density at radius 1 is 1.29 bits per heavy atom. The number of ether oxygens (including phenoxy) is 1. The van der Waals surface area contributed by atoms with Crippen LogP contribution < -0.4 is 5.73 Å². The molecule has 76 valence electrons. The highest BCUT2D eigenvalue weighted by Crippen LogP contribution is 2.28. The van der Waals surface area contributed by atoms with E-state index in [1.54, 1.807) is 0 Å². The summed E-state index contributed by atoms with van der Waals surface area (Å²) in [5, 5.41) is 0. The lowest BCUT2D eigenvalue weighted by atomic mass is 10.0. The largest absolute Gasteiger partial charge is 0.372 e. The molecule has 1 aliphatic rings. The van der Waals surface area contributed by atoms with E-state index >= 15 is 0 Å². The summed E-state index contributed by atoms with van der Waals surface area (Å²) in [6.45, 7) is 0.574. The average molecular weight is 199 g/mol. The van der Waals surface area contributed by atoms with Gasteiger partial charge in [0, 0.05) is 12.6 Å². The highest BCUT2D eigenvalue weighted by Gasteiger charge is 2.26. The van der Waals surface area contributed by atoms with Crippen LogP contribution in [0, 0.1) is 11.6 Å². The maximum absolute atomic E-state index is 12.9. The summed E-state index contributed by atoms with van der Waals surface area (Å²) in [6, 6.07) is 3.62. The third-order valence-electron chi connectivity index (χ3n) is 2.41. The van der Waals surface area contributed by atoms with Gasteiger partial charge < -0.3 is 10.5 Å². The van der Waals surface area contributed by atoms with Crippen LogP contribution in [0.1, 0.15) is 18.1 Å². The van der Waals surface area contributed by atoms with Crippen molar-refractivity contribution in [2.24, 2.45) is 5.73 Å². The van der Waals surface area contributed by atoms with Gasteiger partial charge in [0.2, 0.25) is 0 Å². The molecule has 0 aliphatic carbocycles. The molecule has 0 spiro atoms. The van der Waals surface area contributed by atoms with E-state index in [0.717, 1.165) is 18.6 Å². The highest BCUT2D eigenvalue weighted by atomic mass is 19.2. The molecule has 2 rings (SSSR count). The lowest BCUT2D eigenvalue weighted by Crippen LogP contribution is -2.23. The van der Waals surface area contributed by atoms with Crippen molar-refractivity contribution in [3.05, 3.63) is 35.4 Å². The Balaban J connectivity index is 2.28. The van der Waals surface area contributed by atoms with E-state index in [-0.39, 0.29) is 12.1 Å². The second kappa shape index (κ2) is 3.63. The van der Waals surface area contributed by atoms with Crippen LogP contribution in [-0.4, -0.2) is 12.6 Å². The molecular formula is C10H11F2NO. The zero-order valence-corrected chi connectivity index (χ0v) is 7.54. The maximum Gasteiger partial charge on any atom is 0.159 e. The summed E-state index contributed by atoms with van der Waals surface area (Å²) in [5.74, 6) is -1.70. The summed E-state index contributed by atoms with van der Waals surface area (Å²) in [7, 11) is 0. The molecule has 1 saturated heterocycles. The first-order valence-corrected chi connectivity index (χ1v) is 4.50. The van der Waals surface area contributed by atoms with Crippen LogP contribution in [0.3, 0.4) is 0 Å². The Bertz CT molecular complexity index is 343. The first-order chi connectivity index (χ1) is 6.68. The van der Waals surface area contributed by atoms with Crippen molar-refractivity contribution in [1.29, 1.82) is 0 Å². The number of hydrogen-bond donors (Lipinski definition) is 1. The fourth-order valence-electron chi connectivity index (χ4n) is 1.64. The monoisotopic (exact) mass is 199 g/mol. The van der Waals surface area contributed by atoms with Crippen molar-refractivity contribution >= 4 is 0 Å². The van der Waals surface area contributed by atoms with Crippen LogP contribution in [-0.2, 0) is 4.74 Å². The molecule has 0 amide bonds. The van der Waals surface area contributed by atoms with Gasteiger partial charge in [0.05, 0.1) is 6.10 Å². The molecule has 1 aromatic rings. The summed E-state index contributed by atoms with van der Waals surface area (Å²) < 4.78 is 30.9. The van der Waals surface area contributed by atoms with Gasteiger partial charge in [-0.3, -0.25) is 0 Å². The molecule has 1 fully saturated rings. The third kappa shape index (κ3) is 1.63. The summed E-state index contributed by atoms with van der Waals surface area (Å²) >= 11 is 0. The quantitative estimate of drug-likeness (QED) is 0.747. The van der Waals surface area contributed by atoms with Gasteiger partial charge in [0.25, 0.3) is 0 Å². The fraction of sp³-hybridized carbons (Fsp3) is 0.400. The second-order valence-corrected chi connectivity index (χ2v) is 3.42. The Morgan fingerprint density at radius 3 is 2.64 bits per heavy atom. The zero-order chi connectivity index (χ0) is 10.1. The molecule has 1 heterocycles. The predicted molar refractivity (Wildman–Crippen MR) is 47.6 cm³/mol. The van der Waals surface area contributed by atoms with Crippen LogP contribution >= 0.6 is 0 Å². The SMILES string of the molecule is NC1CCOC1c1ccc(F)c(F)c1. The van der Waals surface area contributed by atoms with Crippen LogP contribution in [0.2, 0.25) is 0 Å². The summed E-state index contributed by atoms with van der Waals surface area (Å²) in [4.78, 5) is 0. The molecule has 0 bridgehead atoms. The van der Waals surface area contributed by atoms with Crippen LogP contribution in [0.15, 0.2) is 18.2 Å². The number of rotatable bonds is 1. The molecule has 0 saturated carbocycles. The van der Waals surface area contributed by atoms with E-state index in [2.05, 4.69) is 0 Å². The van der Waals surface area contributed by atoms with E-state index in [9.17, 15) is 8.78 Å². The van der Waals surface area contributed by atoms with Gasteiger partial charge in [-0.25, -0.2) is 8.78 Å². The van der Waals surface area contributed by atoms with Crippen molar-refractivity contribution < 1.29 is 13.5 Å². The molecule has 2 unspecified atom stereocenters. The molecule has 0 radical (unpaired) electrons. The molecule has 0 aromatic heterocycles. The number of benzene rings is 1. The molecule has 2 atom stereocenters. The van der Waals surface area contributed by atoms with Gasteiger partial charge in [-0.2, -0.15) is 0 Å². The lowest BCUT2D eigenvalue weighted by Gasteiger charge is -2.14. The molecule has 2 N–H and O–H groups in total. The predicted octanol–water partition coefficient (Wildman–Crippen LogP) is 1.75. The first-order valence-electron chi connectivity index (χ1n) is 4.50. The summed E-state index contributed by atoms with van der Waals surface area (Å²) in [5.41, 5.74) is 6.36. The molecule has 14 heavy (non-hydrogen) atoms. The van der Waals surface area contributed by atoms with E-state index < -0.39 is 11.6 Å². The van der Waals surface area contributed by atoms with Crippen LogP contribution in [0.5, 0.6) is 0 Å². The second-order valence-electron chi connectivity index (χ2n) is 3.42. The standard InChI is InChI=1S/C10H11F2NO/c11-7-2-1-6(5-8(7)12)10-9(13)3-4-14-10/h1-2,5,9-10H,3-4,13H2. The van der Waals surface area contributed by atoms with Crippen LogP contribution in [0.4, 0.5) is 8.78 Å². The number of hydrogen-bond acceptors (Lipinski definition) is 2. The van der Waals surface area contributed by atoms with Gasteiger partial charge in [0.1, 0.15) is 0 Å². The Kier molecular flexibility index (Phi) is 2.48. The van der Waals surface area contributed by atoms with E-state index in [1.807, 2.05) is 0 Å². The van der Waals surface area contributed by atoms with Gasteiger partial charge in [-0.15, -0.1) is 0 Å². The molecular weight excluding hydrogens is 188 g/mol. The number of nitrogens with two attached hydrogens (primary N) is 1. The minimum Gasteiger partial charge on any atom is -0.372 e. The van der Waals surface area contributed by atoms with Crippen molar-refractivity contribution in [1.82, 2.24) is 0 Å². The van der Waals surface area contributed by atoms with E-state index in [4.69, 9.17) is 10.5 Å². The number of halogens is 2. The third-order valence-corrected chi connectivity index (χ3v) is 2.41. The van der Waals surface area contributed by atoms with Gasteiger partial charge in [-0.1, -0.05) is 6.07 Å². The fourth-order valence-corrected chi connectivity index (χ4v) is 1.64. The topological polar surface area (TPSA) is 35.2 Å². The minimum absolute atomic E-state index is 0.125. The van der Waals surface area contributed by atoms with E-state index in [0.29, 0.717) is 12.2 Å². The van der Waals surface area contributed by atoms with E-state index in [1.165, 1.54) is 6.07 Å². The van der Waals surface area contributed by atoms with Crippen LogP contribution in [0.25, 0.3) is 0 Å². The zero-order valence-electron chi connectivity index (χ0n) is 7.54. The van der Waals surface area contributed by atoms with Gasteiger partial charge in [0.15, 0.2) is 11.6 Å². The Labute approximate surface area is 80.7 Å². The van der Waals surface area contributed by atoms with Crippen molar-refractivity contribution in [3.63, 3.8) is 0 Å². The van der Waals surface area contributed by atoms with Crippen molar-refractivity contribution in [3.8, 4) is 0 Å². The van der Waals surface area contributed by atoms with Gasteiger partial charge in [-0.05, 0) is 24.1 Å². The lowest BCUT2D eigenvalue weighted by molar-refractivity contribution is 0.105. The molecule has 2 nitrogen and oxygen atoms in total. The normalized spacial score (nSPS) is 26.8. The molecule has 1 aliphatic heterocycles. The molecule has 1 aromatic carbocycles. The smallest absolute Gasteiger partial charge is 0.159 e. The minimum atomic E-state index is -0.856. The van der Waals surface area contributed by atoms with Gasteiger partial charge >= 0.3 is 0 Å². The Hall–Kier alpha value is -1.00. The van der Waals surface area contributed by atoms with Crippen molar-refractivity contribution in [2.45, 2.75) is 18.6 Å². The Morgan fingerprint density at radius 2 is 2.07 bits per heavy atom. The van der Waals surface area contributed by atoms with Crippen molar-refractivity contribution in [2.75, 3.05) is 6.61 Å². The first kappa shape index (κ1) is 9.55. The summed E-state index contributed by atoms with van der Waals surface area (Å²) in [6.07, 6.45) is 0.453. The maximum atomic E-state index is 12.9. The molecule has 4 heteroatoms. The highest BCUT2D eigenvalue weighted by molar-refractivity contribution is 5.22.